The lowest BCUT2D eigenvalue weighted by atomic mass is 10.1. The Morgan fingerprint density at radius 2 is 1.72 bits per heavy atom. The van der Waals surface area contributed by atoms with E-state index in [4.69, 9.17) is 9.26 Å². The van der Waals surface area contributed by atoms with E-state index in [0.717, 1.165) is 4.90 Å². The minimum Gasteiger partial charge on any atom is -0.454 e. The normalized spacial score (nSPS) is 14.1. The Balaban J connectivity index is 1.41. The molecular formula is C20H14FN3O5. The average molecular weight is 395 g/mol. The van der Waals surface area contributed by atoms with Crippen LogP contribution in [-0.2, 0) is 16.1 Å². The smallest absolute Gasteiger partial charge is 0.329 e. The van der Waals surface area contributed by atoms with E-state index in [1.807, 2.05) is 0 Å². The van der Waals surface area contributed by atoms with Crippen molar-refractivity contribution >= 4 is 17.8 Å². The lowest BCUT2D eigenvalue weighted by molar-refractivity contribution is -0.149. The lowest BCUT2D eigenvalue weighted by Gasteiger charge is -2.20. The van der Waals surface area contributed by atoms with Gasteiger partial charge in [-0.05, 0) is 43.3 Å². The van der Waals surface area contributed by atoms with Crippen molar-refractivity contribution in [3.05, 3.63) is 71.4 Å². The van der Waals surface area contributed by atoms with Crippen LogP contribution < -0.4 is 0 Å². The molecule has 1 atom stereocenters. The highest BCUT2D eigenvalue weighted by molar-refractivity contribution is 6.22. The van der Waals surface area contributed by atoms with Gasteiger partial charge >= 0.3 is 5.97 Å². The minimum atomic E-state index is -1.12. The zero-order valence-corrected chi connectivity index (χ0v) is 15.2. The van der Waals surface area contributed by atoms with E-state index in [-0.39, 0.29) is 29.4 Å². The molecule has 29 heavy (non-hydrogen) atoms. The second-order valence-corrected chi connectivity index (χ2v) is 6.33. The number of hydrogen-bond donors (Lipinski definition) is 0. The van der Waals surface area contributed by atoms with Crippen LogP contribution in [0.4, 0.5) is 4.39 Å². The number of esters is 1. The number of rotatable bonds is 5. The number of benzene rings is 2. The summed E-state index contributed by atoms with van der Waals surface area (Å²) >= 11 is 0. The van der Waals surface area contributed by atoms with Crippen LogP contribution in [0.3, 0.4) is 0 Å². The van der Waals surface area contributed by atoms with E-state index in [2.05, 4.69) is 10.1 Å². The molecule has 0 aliphatic carbocycles. The first kappa shape index (κ1) is 18.5. The number of amides is 2. The third-order valence-corrected chi connectivity index (χ3v) is 4.46. The number of aromatic nitrogens is 2. The van der Waals surface area contributed by atoms with Gasteiger partial charge in [0.05, 0.1) is 11.1 Å². The molecule has 0 spiro atoms. The Morgan fingerprint density at radius 3 is 2.34 bits per heavy atom. The summed E-state index contributed by atoms with van der Waals surface area (Å²) in [6, 6.07) is 10.7. The Bertz CT molecular complexity index is 1070. The summed E-state index contributed by atoms with van der Waals surface area (Å²) in [5.74, 6) is -2.05. The van der Waals surface area contributed by atoms with Crippen molar-refractivity contribution in [2.75, 3.05) is 0 Å². The first-order valence-corrected chi connectivity index (χ1v) is 8.68. The molecule has 0 fully saturated rings. The van der Waals surface area contributed by atoms with Crippen molar-refractivity contribution in [3.63, 3.8) is 0 Å². The Morgan fingerprint density at radius 1 is 1.10 bits per heavy atom. The number of imide groups is 1. The SMILES string of the molecule is C[C@@H](C(=O)OCc1nc(-c2ccc(F)cc2)no1)N1C(=O)c2ccccc2C1=O. The molecule has 0 bridgehead atoms. The maximum absolute atomic E-state index is 13.0. The van der Waals surface area contributed by atoms with Gasteiger partial charge < -0.3 is 9.26 Å². The van der Waals surface area contributed by atoms with Crippen molar-refractivity contribution in [2.45, 2.75) is 19.6 Å². The largest absolute Gasteiger partial charge is 0.454 e. The first-order valence-electron chi connectivity index (χ1n) is 8.68. The second-order valence-electron chi connectivity index (χ2n) is 6.33. The fourth-order valence-corrected chi connectivity index (χ4v) is 2.95. The topological polar surface area (TPSA) is 103 Å². The molecule has 0 saturated heterocycles. The van der Waals surface area contributed by atoms with Gasteiger partial charge in [-0.1, -0.05) is 17.3 Å². The molecule has 9 heteroatoms. The monoisotopic (exact) mass is 395 g/mol. The summed E-state index contributed by atoms with van der Waals surface area (Å²) in [4.78, 5) is 42.2. The van der Waals surface area contributed by atoms with Gasteiger partial charge in [0, 0.05) is 5.56 Å². The molecular weight excluding hydrogens is 381 g/mol. The van der Waals surface area contributed by atoms with Crippen LogP contribution in [0.25, 0.3) is 11.4 Å². The molecule has 2 aromatic carbocycles. The highest BCUT2D eigenvalue weighted by Crippen LogP contribution is 2.25. The van der Waals surface area contributed by atoms with Crippen LogP contribution in [0.1, 0.15) is 33.5 Å². The highest BCUT2D eigenvalue weighted by atomic mass is 19.1. The third-order valence-electron chi connectivity index (χ3n) is 4.46. The van der Waals surface area contributed by atoms with Crippen molar-refractivity contribution in [1.82, 2.24) is 15.0 Å². The molecule has 2 amide bonds. The molecule has 1 aliphatic rings. The summed E-state index contributed by atoms with van der Waals surface area (Å²) in [7, 11) is 0. The summed E-state index contributed by atoms with van der Waals surface area (Å²) in [6.07, 6.45) is 0. The zero-order valence-electron chi connectivity index (χ0n) is 15.2. The van der Waals surface area contributed by atoms with Crippen molar-refractivity contribution < 1.29 is 28.0 Å². The third kappa shape index (κ3) is 3.38. The molecule has 1 aliphatic heterocycles. The maximum atomic E-state index is 13.0. The quantitative estimate of drug-likeness (QED) is 0.483. The zero-order chi connectivity index (χ0) is 20.5. The summed E-state index contributed by atoms with van der Waals surface area (Å²) in [6.45, 7) is 1.07. The Labute approximate surface area is 163 Å². The minimum absolute atomic E-state index is 0.0206. The number of nitrogens with zero attached hydrogens (tertiary/aromatic N) is 3. The summed E-state index contributed by atoms with van der Waals surface area (Å²) in [5.41, 5.74) is 1.03. The molecule has 0 unspecified atom stereocenters. The summed E-state index contributed by atoms with van der Waals surface area (Å²) < 4.78 is 23.1. The molecule has 4 rings (SSSR count). The predicted molar refractivity (Wildman–Crippen MR) is 95.9 cm³/mol. The molecule has 8 nitrogen and oxygen atoms in total. The number of carbonyl (C=O) groups excluding carboxylic acids is 3. The first-order chi connectivity index (χ1) is 14.0. The van der Waals surface area contributed by atoms with Crippen LogP contribution in [0.2, 0.25) is 0 Å². The van der Waals surface area contributed by atoms with Gasteiger partial charge in [0.2, 0.25) is 5.82 Å². The van der Waals surface area contributed by atoms with Gasteiger partial charge in [0.1, 0.15) is 11.9 Å². The van der Waals surface area contributed by atoms with Gasteiger partial charge in [-0.25, -0.2) is 9.18 Å². The standard InChI is InChI=1S/C20H14FN3O5/c1-11(24-18(25)14-4-2-3-5-15(14)19(24)26)20(27)28-10-16-22-17(23-29-16)12-6-8-13(21)9-7-12/h2-9,11H,10H2,1H3/t11-/m0/s1. The second kappa shape index (κ2) is 7.27. The van der Waals surface area contributed by atoms with Crippen molar-refractivity contribution in [3.8, 4) is 11.4 Å². The van der Waals surface area contributed by atoms with Crippen LogP contribution in [0, 0.1) is 5.82 Å². The van der Waals surface area contributed by atoms with Crippen LogP contribution >= 0.6 is 0 Å². The van der Waals surface area contributed by atoms with Crippen molar-refractivity contribution in [2.24, 2.45) is 0 Å². The van der Waals surface area contributed by atoms with Crippen molar-refractivity contribution in [1.29, 1.82) is 0 Å². The number of ether oxygens (including phenoxy) is 1. The molecule has 0 radical (unpaired) electrons. The van der Waals surface area contributed by atoms with Gasteiger partial charge in [0.25, 0.3) is 17.7 Å². The van der Waals surface area contributed by atoms with Gasteiger partial charge in [-0.2, -0.15) is 4.98 Å². The molecule has 0 saturated carbocycles. The van der Waals surface area contributed by atoms with Gasteiger partial charge in [0.15, 0.2) is 6.61 Å². The van der Waals surface area contributed by atoms with Crippen LogP contribution in [0.15, 0.2) is 53.1 Å². The number of fused-ring (bicyclic) bond motifs is 1. The highest BCUT2D eigenvalue weighted by Gasteiger charge is 2.41. The van der Waals surface area contributed by atoms with E-state index >= 15 is 0 Å². The fourth-order valence-electron chi connectivity index (χ4n) is 2.95. The van der Waals surface area contributed by atoms with Gasteiger partial charge in [-0.3, -0.25) is 14.5 Å². The Kier molecular flexibility index (Phi) is 4.63. The number of halogens is 1. The van der Waals surface area contributed by atoms with Crippen LogP contribution in [-0.4, -0.2) is 38.9 Å². The summed E-state index contributed by atoms with van der Waals surface area (Å²) in [5, 5.41) is 3.75. The van der Waals surface area contributed by atoms with E-state index in [9.17, 15) is 18.8 Å². The predicted octanol–water partition coefficient (Wildman–Crippen LogP) is 2.60. The van der Waals surface area contributed by atoms with E-state index in [1.54, 1.807) is 12.1 Å². The van der Waals surface area contributed by atoms with Gasteiger partial charge in [-0.15, -0.1) is 0 Å². The average Bonchev–Trinajstić information content (AvgIpc) is 3.30. The molecule has 2 heterocycles. The van der Waals surface area contributed by atoms with E-state index in [0.29, 0.717) is 5.56 Å². The fraction of sp³-hybridized carbons (Fsp3) is 0.150. The lowest BCUT2D eigenvalue weighted by Crippen LogP contribution is -2.43. The number of hydrogen-bond acceptors (Lipinski definition) is 7. The molecule has 146 valence electrons. The molecule has 3 aromatic rings. The van der Waals surface area contributed by atoms with Crippen LogP contribution in [0.5, 0.6) is 0 Å². The molecule has 0 N–H and O–H groups in total. The van der Waals surface area contributed by atoms with E-state index in [1.165, 1.54) is 43.3 Å². The number of carbonyl (C=O) groups is 3. The Hall–Kier alpha value is -3.88. The molecule has 1 aromatic heterocycles. The van der Waals surface area contributed by atoms with E-state index < -0.39 is 29.6 Å². The maximum Gasteiger partial charge on any atom is 0.329 e.